The largest absolute Gasteiger partial charge is 0.451 e. The first kappa shape index (κ1) is 25.1. The summed E-state index contributed by atoms with van der Waals surface area (Å²) in [7, 11) is 0. The average molecular weight is 471 g/mol. The summed E-state index contributed by atoms with van der Waals surface area (Å²) in [5, 5.41) is 33.9. The van der Waals surface area contributed by atoms with E-state index in [2.05, 4.69) is 20.8 Å². The maximum atomic E-state index is 14.2. The van der Waals surface area contributed by atoms with E-state index in [1.165, 1.54) is 6.08 Å². The Bertz CT molecular complexity index is 987. The highest BCUT2D eigenvalue weighted by Gasteiger charge is 2.76. The second-order valence-corrected chi connectivity index (χ2v) is 11.3. The molecule has 0 aliphatic heterocycles. The van der Waals surface area contributed by atoms with Gasteiger partial charge in [0.25, 0.3) is 0 Å². The molecule has 2 fully saturated rings. The molecule has 8 atom stereocenters. The second-order valence-electron chi connectivity index (χ2n) is 11.3. The minimum Gasteiger partial charge on any atom is -0.451 e. The van der Waals surface area contributed by atoms with Gasteiger partial charge in [0.15, 0.2) is 17.5 Å². The molecule has 4 aliphatic carbocycles. The minimum atomic E-state index is -2.10. The van der Waals surface area contributed by atoms with Crippen LogP contribution in [0.5, 0.6) is 0 Å². The number of allylic oxidation sites excluding steroid dienone is 4. The third-order valence-corrected chi connectivity index (χ3v) is 9.07. The second kappa shape index (κ2) is 8.58. The van der Waals surface area contributed by atoms with Crippen LogP contribution >= 0.6 is 0 Å². The average Bonchev–Trinajstić information content (AvgIpc) is 3.27. The van der Waals surface area contributed by atoms with Gasteiger partial charge in [0.1, 0.15) is 6.10 Å². The zero-order valence-electron chi connectivity index (χ0n) is 20.8. The number of fused-ring (bicyclic) bond motifs is 3. The zero-order valence-corrected chi connectivity index (χ0v) is 20.8. The first-order chi connectivity index (χ1) is 16.0. The summed E-state index contributed by atoms with van der Waals surface area (Å²) >= 11 is 0. The highest BCUT2D eigenvalue weighted by Crippen LogP contribution is 2.71. The molecule has 1 spiro atoms. The van der Waals surface area contributed by atoms with Gasteiger partial charge in [0, 0.05) is 12.0 Å². The lowest BCUT2D eigenvalue weighted by Crippen LogP contribution is -2.65. The number of hydrogen-bond acceptors (Lipinski definition) is 6. The summed E-state index contributed by atoms with van der Waals surface area (Å²) in [5.74, 6) is -1.22. The fourth-order valence-electron chi connectivity index (χ4n) is 7.22. The number of unbranched alkanes of at least 4 members (excludes halogenated alkanes) is 1. The normalized spacial score (nSPS) is 42.5. The smallest absolute Gasteiger partial charge is 0.331 e. The van der Waals surface area contributed by atoms with Crippen molar-refractivity contribution in [2.45, 2.75) is 71.7 Å². The van der Waals surface area contributed by atoms with E-state index in [1.54, 1.807) is 31.2 Å². The van der Waals surface area contributed by atoms with Gasteiger partial charge in [-0.05, 0) is 54.1 Å². The summed E-state index contributed by atoms with van der Waals surface area (Å²) in [4.78, 5) is 26.9. The predicted octanol–water partition coefficient (Wildman–Crippen LogP) is 3.28. The van der Waals surface area contributed by atoms with Gasteiger partial charge in [-0.1, -0.05) is 64.5 Å². The van der Waals surface area contributed by atoms with Crippen molar-refractivity contribution in [2.75, 3.05) is 6.61 Å². The SMILES string of the molecule is CCC/C=C/C=C/C(=O)O[C@H]1C(C)=C[C@]23C(=O)[C@@H](C=C(CO)[C@@H](O)[C@]12O)[C@H]1[C@@H](C[C@H]3C)C1(C)C. The molecule has 0 heterocycles. The quantitative estimate of drug-likeness (QED) is 0.238. The van der Waals surface area contributed by atoms with Crippen LogP contribution in [0.25, 0.3) is 0 Å². The Morgan fingerprint density at radius 3 is 2.65 bits per heavy atom. The molecule has 4 rings (SSSR count). The molecule has 0 amide bonds. The monoisotopic (exact) mass is 470 g/mol. The van der Waals surface area contributed by atoms with Gasteiger partial charge in [-0.2, -0.15) is 0 Å². The first-order valence-electron chi connectivity index (χ1n) is 12.5. The van der Waals surface area contributed by atoms with Crippen molar-refractivity contribution in [1.29, 1.82) is 0 Å². The Morgan fingerprint density at radius 2 is 2.00 bits per heavy atom. The molecule has 0 radical (unpaired) electrons. The van der Waals surface area contributed by atoms with Gasteiger partial charge in [0.05, 0.1) is 12.0 Å². The van der Waals surface area contributed by atoms with Crippen molar-refractivity contribution in [1.82, 2.24) is 0 Å². The summed E-state index contributed by atoms with van der Waals surface area (Å²) in [6.45, 7) is 9.55. The molecule has 2 saturated carbocycles. The molecule has 3 N–H and O–H groups in total. The van der Waals surface area contributed by atoms with Crippen LogP contribution in [0.2, 0.25) is 0 Å². The molecule has 0 aromatic rings. The molecule has 6 nitrogen and oxygen atoms in total. The summed E-state index contributed by atoms with van der Waals surface area (Å²) in [5.41, 5.74) is -2.79. The molecule has 2 bridgehead atoms. The number of ether oxygens (including phenoxy) is 1. The third-order valence-electron chi connectivity index (χ3n) is 9.07. The van der Waals surface area contributed by atoms with Crippen molar-refractivity contribution in [3.63, 3.8) is 0 Å². The fourth-order valence-corrected chi connectivity index (χ4v) is 7.22. The number of aliphatic hydroxyl groups is 3. The van der Waals surface area contributed by atoms with Crippen LogP contribution in [0.4, 0.5) is 0 Å². The Balaban J connectivity index is 1.76. The van der Waals surface area contributed by atoms with E-state index in [4.69, 9.17) is 4.74 Å². The van der Waals surface area contributed by atoms with E-state index in [1.807, 2.05) is 13.0 Å². The van der Waals surface area contributed by atoms with Crippen molar-refractivity contribution in [3.8, 4) is 0 Å². The molecule has 4 aliphatic rings. The van der Waals surface area contributed by atoms with Gasteiger partial charge < -0.3 is 20.1 Å². The van der Waals surface area contributed by atoms with Crippen LogP contribution < -0.4 is 0 Å². The Morgan fingerprint density at radius 1 is 1.29 bits per heavy atom. The molecule has 0 saturated heterocycles. The lowest BCUT2D eigenvalue weighted by molar-refractivity contribution is -0.201. The van der Waals surface area contributed by atoms with E-state index in [0.29, 0.717) is 11.5 Å². The van der Waals surface area contributed by atoms with Gasteiger partial charge in [-0.15, -0.1) is 0 Å². The van der Waals surface area contributed by atoms with E-state index >= 15 is 0 Å². The lowest BCUT2D eigenvalue weighted by Gasteiger charge is -2.48. The van der Waals surface area contributed by atoms with Gasteiger partial charge in [0.2, 0.25) is 0 Å². The van der Waals surface area contributed by atoms with Gasteiger partial charge in [-0.25, -0.2) is 4.79 Å². The number of ketones is 1. The Labute approximate surface area is 202 Å². The standard InChI is InChI=1S/C28H38O6/c1-6-7-8-9-10-11-21(30)34-25-16(2)14-27-17(3)12-20-22(26(20,4)5)19(24(27)32)13-18(15-29)23(31)28(25,27)33/h8-11,13-14,17,19-20,22-23,25,29,31,33H,6-7,12,15H2,1-5H3/b9-8+,11-10+/t17-,19+,20-,22+,23-,25+,27+,28+/m1/s1. The van der Waals surface area contributed by atoms with Crippen LogP contribution in [0.15, 0.2) is 47.6 Å². The van der Waals surface area contributed by atoms with Crippen LogP contribution in [-0.4, -0.2) is 51.5 Å². The lowest BCUT2D eigenvalue weighted by atomic mass is 9.59. The Hall–Kier alpha value is -2.02. The Kier molecular flexibility index (Phi) is 6.33. The van der Waals surface area contributed by atoms with E-state index in [9.17, 15) is 24.9 Å². The van der Waals surface area contributed by atoms with Crippen molar-refractivity contribution < 1.29 is 29.6 Å². The van der Waals surface area contributed by atoms with Gasteiger partial charge in [-0.3, -0.25) is 4.79 Å². The number of Topliss-reactive ketones (excluding diaryl/α,β-unsaturated/α-hetero) is 1. The van der Waals surface area contributed by atoms with E-state index in [-0.39, 0.29) is 28.6 Å². The van der Waals surface area contributed by atoms with Crippen LogP contribution in [0.3, 0.4) is 0 Å². The van der Waals surface area contributed by atoms with Crippen LogP contribution in [0.1, 0.15) is 53.9 Å². The highest BCUT2D eigenvalue weighted by molar-refractivity contribution is 5.95. The number of aliphatic hydroxyl groups excluding tert-OH is 2. The summed E-state index contributed by atoms with van der Waals surface area (Å²) in [6, 6.07) is 0. The summed E-state index contributed by atoms with van der Waals surface area (Å²) < 4.78 is 5.73. The maximum absolute atomic E-state index is 14.2. The summed E-state index contributed by atoms with van der Waals surface area (Å²) in [6.07, 6.45) is 9.85. The number of esters is 1. The van der Waals surface area contributed by atoms with E-state index in [0.717, 1.165) is 19.3 Å². The molecule has 34 heavy (non-hydrogen) atoms. The third kappa shape index (κ3) is 3.33. The maximum Gasteiger partial charge on any atom is 0.331 e. The number of rotatable bonds is 6. The van der Waals surface area contributed by atoms with Crippen molar-refractivity contribution >= 4 is 11.8 Å². The number of carbonyl (C=O) groups is 2. The van der Waals surface area contributed by atoms with Crippen molar-refractivity contribution in [2.24, 2.45) is 34.5 Å². The van der Waals surface area contributed by atoms with Crippen LogP contribution in [-0.2, 0) is 14.3 Å². The molecule has 0 unspecified atom stereocenters. The molecular weight excluding hydrogens is 432 g/mol. The molecule has 0 aromatic heterocycles. The molecular formula is C28H38O6. The van der Waals surface area contributed by atoms with E-state index < -0.39 is 41.7 Å². The first-order valence-corrected chi connectivity index (χ1v) is 12.5. The van der Waals surface area contributed by atoms with Crippen molar-refractivity contribution in [3.05, 3.63) is 47.6 Å². The minimum absolute atomic E-state index is 0.0278. The predicted molar refractivity (Wildman–Crippen MR) is 128 cm³/mol. The zero-order chi connectivity index (χ0) is 25.1. The van der Waals surface area contributed by atoms with Crippen LogP contribution in [0, 0.1) is 34.5 Å². The number of carbonyl (C=O) groups excluding carboxylic acids is 2. The molecule has 6 heteroatoms. The topological polar surface area (TPSA) is 104 Å². The van der Waals surface area contributed by atoms with Gasteiger partial charge >= 0.3 is 5.97 Å². The highest BCUT2D eigenvalue weighted by atomic mass is 16.6. The number of hydrogen-bond donors (Lipinski definition) is 3. The molecule has 186 valence electrons. The fraction of sp³-hybridized carbons (Fsp3) is 0.643. The molecule has 0 aromatic carbocycles.